The van der Waals surface area contributed by atoms with Gasteiger partial charge >= 0.3 is 0 Å². The molecule has 0 spiro atoms. The number of carbonyl (C=O) groups excluding carboxylic acids is 1. The second kappa shape index (κ2) is 10.1. The van der Waals surface area contributed by atoms with E-state index in [0.29, 0.717) is 19.1 Å². The number of rotatable bonds is 8. The highest BCUT2D eigenvalue weighted by Gasteiger charge is 2.23. The van der Waals surface area contributed by atoms with Crippen molar-refractivity contribution in [2.45, 2.75) is 38.3 Å². The van der Waals surface area contributed by atoms with Crippen molar-refractivity contribution < 1.29 is 14.3 Å². The van der Waals surface area contributed by atoms with Crippen molar-refractivity contribution in [1.29, 1.82) is 0 Å². The average molecular weight is 447 g/mol. The monoisotopic (exact) mass is 446 g/mol. The first kappa shape index (κ1) is 21.5. The Kier molecular flexibility index (Phi) is 6.58. The number of hydrogen-bond acceptors (Lipinski definition) is 5. The van der Waals surface area contributed by atoms with E-state index in [1.165, 1.54) is 11.1 Å². The number of likely N-dealkylation sites (tertiary alicyclic amines) is 1. The molecule has 0 bridgehead atoms. The third-order valence-electron chi connectivity index (χ3n) is 6.34. The van der Waals surface area contributed by atoms with E-state index in [0.717, 1.165) is 62.8 Å². The third-order valence-corrected chi connectivity index (χ3v) is 6.34. The topological polar surface area (TPSA) is 68.6 Å². The average Bonchev–Trinajstić information content (AvgIpc) is 3.49. The van der Waals surface area contributed by atoms with Gasteiger partial charge in [0.2, 0.25) is 5.91 Å². The fraction of sp³-hybridized carbons (Fsp3) is 0.385. The van der Waals surface area contributed by atoms with Crippen molar-refractivity contribution in [3.8, 4) is 11.5 Å². The summed E-state index contributed by atoms with van der Waals surface area (Å²) in [6, 6.07) is 18.3. The summed E-state index contributed by atoms with van der Waals surface area (Å²) < 4.78 is 13.2. The van der Waals surface area contributed by atoms with E-state index in [1.807, 2.05) is 41.1 Å². The minimum atomic E-state index is -0.0642. The van der Waals surface area contributed by atoms with Crippen LogP contribution in [0.15, 0.2) is 60.8 Å². The molecule has 7 heteroatoms. The van der Waals surface area contributed by atoms with Crippen LogP contribution in [0.2, 0.25) is 0 Å². The number of nitrogens with zero attached hydrogens (tertiary/aromatic N) is 3. The first-order chi connectivity index (χ1) is 16.2. The molecule has 0 radical (unpaired) electrons. The van der Waals surface area contributed by atoms with E-state index in [9.17, 15) is 4.79 Å². The van der Waals surface area contributed by atoms with Gasteiger partial charge in [-0.2, -0.15) is 5.10 Å². The van der Waals surface area contributed by atoms with Gasteiger partial charge in [-0.3, -0.25) is 9.69 Å². The van der Waals surface area contributed by atoms with Crippen LogP contribution in [0.5, 0.6) is 11.5 Å². The van der Waals surface area contributed by atoms with Crippen LogP contribution in [0.25, 0.3) is 0 Å². The third kappa shape index (κ3) is 5.37. The molecule has 3 heterocycles. The van der Waals surface area contributed by atoms with Crippen LogP contribution in [0, 0.1) is 0 Å². The van der Waals surface area contributed by atoms with Crippen LogP contribution in [-0.2, 0) is 17.8 Å². The summed E-state index contributed by atoms with van der Waals surface area (Å²) in [7, 11) is 0. The molecular formula is C26H30N4O3. The van der Waals surface area contributed by atoms with E-state index < -0.39 is 0 Å². The molecule has 5 rings (SSSR count). The van der Waals surface area contributed by atoms with Crippen molar-refractivity contribution >= 4 is 11.7 Å². The predicted molar refractivity (Wildman–Crippen MR) is 127 cm³/mol. The molecular weight excluding hydrogens is 416 g/mol. The summed E-state index contributed by atoms with van der Waals surface area (Å²) in [5.74, 6) is 2.51. The molecule has 1 saturated heterocycles. The molecule has 1 fully saturated rings. The fourth-order valence-electron chi connectivity index (χ4n) is 4.61. The molecule has 3 aromatic rings. The van der Waals surface area contributed by atoms with E-state index in [1.54, 1.807) is 6.20 Å². The molecule has 172 valence electrons. The first-order valence-corrected chi connectivity index (χ1v) is 11.7. The van der Waals surface area contributed by atoms with Crippen LogP contribution in [0.4, 0.5) is 5.82 Å². The predicted octanol–water partition coefficient (Wildman–Crippen LogP) is 4.06. The van der Waals surface area contributed by atoms with Crippen molar-refractivity contribution in [3.63, 3.8) is 0 Å². The highest BCUT2D eigenvalue weighted by atomic mass is 16.5. The van der Waals surface area contributed by atoms with Gasteiger partial charge in [-0.05, 0) is 42.2 Å². The Morgan fingerprint density at radius 3 is 2.82 bits per heavy atom. The number of ether oxygens (including phenoxy) is 2. The number of carbonyl (C=O) groups is 1. The number of fused-ring (bicyclic) bond motifs is 1. The zero-order valence-electron chi connectivity index (χ0n) is 18.8. The van der Waals surface area contributed by atoms with Gasteiger partial charge in [0, 0.05) is 32.1 Å². The number of benzene rings is 2. The lowest BCUT2D eigenvalue weighted by atomic mass is 10.0. The number of hydrogen-bond donors (Lipinski definition) is 1. The number of nitrogens with one attached hydrogen (secondary N) is 1. The van der Waals surface area contributed by atoms with E-state index in [-0.39, 0.29) is 5.91 Å². The number of piperidine rings is 1. The zero-order valence-corrected chi connectivity index (χ0v) is 18.8. The van der Waals surface area contributed by atoms with Crippen molar-refractivity contribution in [1.82, 2.24) is 14.7 Å². The molecule has 2 aliphatic rings. The van der Waals surface area contributed by atoms with Gasteiger partial charge in [-0.25, -0.2) is 4.68 Å². The van der Waals surface area contributed by atoms with Crippen LogP contribution in [0.3, 0.4) is 0 Å². The Bertz CT molecular complexity index is 1070. The van der Waals surface area contributed by atoms with Gasteiger partial charge in [-0.1, -0.05) is 30.3 Å². The number of amides is 1. The smallest absolute Gasteiger partial charge is 0.228 e. The second-order valence-electron chi connectivity index (χ2n) is 8.67. The molecule has 1 N–H and O–H groups in total. The quantitative estimate of drug-likeness (QED) is 0.565. The van der Waals surface area contributed by atoms with Gasteiger partial charge < -0.3 is 14.8 Å². The summed E-state index contributed by atoms with van der Waals surface area (Å²) in [4.78, 5) is 14.9. The molecule has 0 unspecified atom stereocenters. The standard InChI is InChI=1S/C26H30N4O3/c31-26(12-17-32-23-4-2-1-3-5-23)28-25-8-13-27-30(25)22-9-14-29(15-10-22)19-20-6-7-24-21(18-20)11-16-33-24/h1-8,13,18,22H,9-12,14-17,19H2,(H,28,31). The van der Waals surface area contributed by atoms with Crippen molar-refractivity contribution in [3.05, 3.63) is 71.9 Å². The summed E-state index contributed by atoms with van der Waals surface area (Å²) in [5.41, 5.74) is 2.68. The highest BCUT2D eigenvalue weighted by molar-refractivity contribution is 5.89. The van der Waals surface area contributed by atoms with Gasteiger partial charge in [0.1, 0.15) is 17.3 Å². The van der Waals surface area contributed by atoms with Crippen molar-refractivity contribution in [2.75, 3.05) is 31.6 Å². The lowest BCUT2D eigenvalue weighted by molar-refractivity contribution is -0.116. The van der Waals surface area contributed by atoms with E-state index in [2.05, 4.69) is 33.5 Å². The molecule has 2 aromatic carbocycles. The number of para-hydroxylation sites is 1. The Balaban J connectivity index is 1.10. The van der Waals surface area contributed by atoms with Gasteiger partial charge in [-0.15, -0.1) is 0 Å². The van der Waals surface area contributed by atoms with Gasteiger partial charge in [0.05, 0.1) is 31.9 Å². The Hall–Kier alpha value is -3.32. The molecule has 1 amide bonds. The zero-order chi connectivity index (χ0) is 22.5. The van der Waals surface area contributed by atoms with Crippen LogP contribution >= 0.6 is 0 Å². The molecule has 0 saturated carbocycles. The Morgan fingerprint density at radius 2 is 1.97 bits per heavy atom. The minimum absolute atomic E-state index is 0.0642. The summed E-state index contributed by atoms with van der Waals surface area (Å²) in [6.45, 7) is 4.13. The van der Waals surface area contributed by atoms with Crippen LogP contribution in [-0.4, -0.2) is 46.9 Å². The number of aromatic nitrogens is 2. The maximum atomic E-state index is 12.4. The molecule has 0 aliphatic carbocycles. The number of anilines is 1. The molecule has 33 heavy (non-hydrogen) atoms. The summed E-state index contributed by atoms with van der Waals surface area (Å²) >= 11 is 0. The Morgan fingerprint density at radius 1 is 1.12 bits per heavy atom. The molecule has 2 aliphatic heterocycles. The van der Waals surface area contributed by atoms with Crippen LogP contribution in [0.1, 0.15) is 36.4 Å². The SMILES string of the molecule is O=C(CCOc1ccccc1)Nc1ccnn1C1CCN(Cc2ccc3c(c2)CCO3)CC1. The molecule has 7 nitrogen and oxygen atoms in total. The first-order valence-electron chi connectivity index (χ1n) is 11.7. The maximum absolute atomic E-state index is 12.4. The largest absolute Gasteiger partial charge is 0.493 e. The summed E-state index contributed by atoms with van der Waals surface area (Å²) in [5, 5.41) is 7.51. The fourth-order valence-corrected chi connectivity index (χ4v) is 4.61. The normalized spacial score (nSPS) is 16.2. The molecule has 1 aromatic heterocycles. The van der Waals surface area contributed by atoms with Crippen molar-refractivity contribution in [2.24, 2.45) is 0 Å². The molecule has 0 atom stereocenters. The maximum Gasteiger partial charge on any atom is 0.228 e. The highest BCUT2D eigenvalue weighted by Crippen LogP contribution is 2.29. The minimum Gasteiger partial charge on any atom is -0.493 e. The Labute approximate surface area is 194 Å². The van der Waals surface area contributed by atoms with E-state index >= 15 is 0 Å². The van der Waals surface area contributed by atoms with Gasteiger partial charge in [0.25, 0.3) is 0 Å². The van der Waals surface area contributed by atoms with Gasteiger partial charge in [0.15, 0.2) is 0 Å². The van der Waals surface area contributed by atoms with Crippen LogP contribution < -0.4 is 14.8 Å². The summed E-state index contributed by atoms with van der Waals surface area (Å²) in [6.07, 6.45) is 5.09. The lowest BCUT2D eigenvalue weighted by Gasteiger charge is -2.32. The van der Waals surface area contributed by atoms with E-state index in [4.69, 9.17) is 9.47 Å². The lowest BCUT2D eigenvalue weighted by Crippen LogP contribution is -2.35. The second-order valence-corrected chi connectivity index (χ2v) is 8.67.